The van der Waals surface area contributed by atoms with Crippen LogP contribution < -0.4 is 5.73 Å². The van der Waals surface area contributed by atoms with E-state index >= 15 is 0 Å². The van der Waals surface area contributed by atoms with Crippen LogP contribution in [0.3, 0.4) is 0 Å². The van der Waals surface area contributed by atoms with Gasteiger partial charge >= 0.3 is 0 Å². The van der Waals surface area contributed by atoms with Crippen molar-refractivity contribution in [1.29, 1.82) is 0 Å². The van der Waals surface area contributed by atoms with Crippen molar-refractivity contribution in [3.05, 3.63) is 71.8 Å². The molecule has 1 saturated heterocycles. The summed E-state index contributed by atoms with van der Waals surface area (Å²) in [4.78, 5) is 0. The Morgan fingerprint density at radius 3 is 1.86 bits per heavy atom. The third-order valence-electron chi connectivity index (χ3n) is 4.63. The van der Waals surface area contributed by atoms with Gasteiger partial charge in [0.15, 0.2) is 0 Å². The summed E-state index contributed by atoms with van der Waals surface area (Å²) < 4.78 is 6.34. The van der Waals surface area contributed by atoms with Crippen molar-refractivity contribution in [1.82, 2.24) is 0 Å². The highest BCUT2D eigenvalue weighted by Crippen LogP contribution is 2.53. The molecule has 3 heteroatoms. The number of rotatable bonds is 3. The van der Waals surface area contributed by atoms with Crippen molar-refractivity contribution in [2.75, 3.05) is 13.2 Å². The lowest BCUT2D eigenvalue weighted by Gasteiger charge is -2.42. The lowest BCUT2D eigenvalue weighted by atomic mass is 9.66. The van der Waals surface area contributed by atoms with Crippen molar-refractivity contribution < 1.29 is 4.74 Å². The first-order valence-electron chi connectivity index (χ1n) is 7.18. The summed E-state index contributed by atoms with van der Waals surface area (Å²) in [7, 11) is 0. The van der Waals surface area contributed by atoms with Gasteiger partial charge in [-0.1, -0.05) is 67.6 Å². The summed E-state index contributed by atoms with van der Waals surface area (Å²) in [5.74, 6) is 0. The van der Waals surface area contributed by atoms with Crippen LogP contribution in [0.25, 0.3) is 0 Å². The molecule has 2 nitrogen and oxygen atoms in total. The number of nitrogens with two attached hydrogens (primary N) is 1. The van der Waals surface area contributed by atoms with Crippen LogP contribution in [0.1, 0.15) is 24.5 Å². The Labute approximate surface area is 132 Å². The van der Waals surface area contributed by atoms with Crippen LogP contribution in [-0.4, -0.2) is 13.2 Å². The molecule has 0 saturated carbocycles. The number of hydrogen-bond donors (Lipinski definition) is 1. The molecule has 2 N–H and O–H groups in total. The van der Waals surface area contributed by atoms with E-state index in [-0.39, 0.29) is 17.8 Å². The first-order chi connectivity index (χ1) is 9.73. The SMILES string of the molecule is CC1(CN)CCOC1(c1ccccc1)c1ccccc1.Cl. The maximum atomic E-state index is 6.34. The molecule has 112 valence electrons. The molecule has 1 heterocycles. The molecule has 0 spiro atoms. The molecule has 0 aromatic heterocycles. The molecule has 21 heavy (non-hydrogen) atoms. The Hall–Kier alpha value is -1.35. The Morgan fingerprint density at radius 1 is 0.952 bits per heavy atom. The van der Waals surface area contributed by atoms with E-state index in [1.165, 1.54) is 11.1 Å². The van der Waals surface area contributed by atoms with E-state index in [0.717, 1.165) is 13.0 Å². The Balaban J connectivity index is 0.00000161. The molecule has 3 rings (SSSR count). The van der Waals surface area contributed by atoms with Crippen LogP contribution in [0, 0.1) is 5.41 Å². The van der Waals surface area contributed by atoms with E-state index in [2.05, 4.69) is 55.5 Å². The topological polar surface area (TPSA) is 35.2 Å². The standard InChI is InChI=1S/C18H21NO.ClH/c1-17(14-19)12-13-20-18(17,15-8-4-2-5-9-15)16-10-6-3-7-11-16;/h2-11H,12-14,19H2,1H3;1H. The molecule has 0 amide bonds. The van der Waals surface area contributed by atoms with Gasteiger partial charge in [0.05, 0.1) is 0 Å². The van der Waals surface area contributed by atoms with Gasteiger partial charge < -0.3 is 10.5 Å². The molecule has 0 bridgehead atoms. The van der Waals surface area contributed by atoms with Crippen LogP contribution in [0.2, 0.25) is 0 Å². The molecule has 2 aromatic carbocycles. The van der Waals surface area contributed by atoms with Crippen molar-refractivity contribution in [2.45, 2.75) is 18.9 Å². The molecule has 1 fully saturated rings. The van der Waals surface area contributed by atoms with Crippen molar-refractivity contribution in [3.8, 4) is 0 Å². The van der Waals surface area contributed by atoms with Crippen molar-refractivity contribution >= 4 is 12.4 Å². The quantitative estimate of drug-likeness (QED) is 0.937. The second-order valence-electron chi connectivity index (χ2n) is 5.78. The van der Waals surface area contributed by atoms with E-state index in [1.54, 1.807) is 0 Å². The summed E-state index contributed by atoms with van der Waals surface area (Å²) in [6, 6.07) is 20.9. The number of benzene rings is 2. The van der Waals surface area contributed by atoms with Gasteiger partial charge in [0.1, 0.15) is 5.60 Å². The smallest absolute Gasteiger partial charge is 0.125 e. The molecule has 0 radical (unpaired) electrons. The monoisotopic (exact) mass is 303 g/mol. The van der Waals surface area contributed by atoms with Crippen LogP contribution in [0.15, 0.2) is 60.7 Å². The minimum absolute atomic E-state index is 0. The molecule has 0 aliphatic carbocycles. The van der Waals surface area contributed by atoms with E-state index in [1.807, 2.05) is 12.1 Å². The fourth-order valence-electron chi connectivity index (χ4n) is 3.40. The molecule has 1 aliphatic heterocycles. The fourth-order valence-corrected chi connectivity index (χ4v) is 3.40. The number of ether oxygens (including phenoxy) is 1. The summed E-state index contributed by atoms with van der Waals surface area (Å²) in [6.45, 7) is 3.59. The molecular weight excluding hydrogens is 282 g/mol. The average Bonchev–Trinajstić information content (AvgIpc) is 2.88. The van der Waals surface area contributed by atoms with Crippen molar-refractivity contribution in [2.24, 2.45) is 11.1 Å². The molecule has 1 atom stereocenters. The van der Waals surface area contributed by atoms with E-state index in [4.69, 9.17) is 10.5 Å². The first-order valence-corrected chi connectivity index (χ1v) is 7.18. The van der Waals surface area contributed by atoms with Gasteiger partial charge in [0.25, 0.3) is 0 Å². The zero-order chi connectivity index (χ0) is 14.1. The first kappa shape index (κ1) is 16.0. The fraction of sp³-hybridized carbons (Fsp3) is 0.333. The van der Waals surface area contributed by atoms with Gasteiger partial charge in [-0.05, 0) is 17.5 Å². The number of halogens is 1. The highest BCUT2D eigenvalue weighted by atomic mass is 35.5. The summed E-state index contributed by atoms with van der Waals surface area (Å²) in [5.41, 5.74) is 7.99. The van der Waals surface area contributed by atoms with Gasteiger partial charge in [-0.15, -0.1) is 12.4 Å². The summed E-state index contributed by atoms with van der Waals surface area (Å²) in [5, 5.41) is 0. The molecule has 2 aromatic rings. The second kappa shape index (κ2) is 6.18. The second-order valence-corrected chi connectivity index (χ2v) is 5.78. The molecular formula is C18H22ClNO. The minimum Gasteiger partial charge on any atom is -0.365 e. The Morgan fingerprint density at radius 2 is 1.43 bits per heavy atom. The van der Waals surface area contributed by atoms with Gasteiger partial charge in [0.2, 0.25) is 0 Å². The Bertz CT molecular complexity index is 533. The lowest BCUT2D eigenvalue weighted by molar-refractivity contribution is -0.0238. The largest absolute Gasteiger partial charge is 0.365 e. The van der Waals surface area contributed by atoms with E-state index < -0.39 is 5.60 Å². The average molecular weight is 304 g/mol. The summed E-state index contributed by atoms with van der Waals surface area (Å²) in [6.07, 6.45) is 0.979. The molecule has 1 aliphatic rings. The highest BCUT2D eigenvalue weighted by molar-refractivity contribution is 5.85. The lowest BCUT2D eigenvalue weighted by Crippen LogP contribution is -2.46. The van der Waals surface area contributed by atoms with Gasteiger partial charge in [-0.25, -0.2) is 0 Å². The van der Waals surface area contributed by atoms with Crippen LogP contribution in [0.5, 0.6) is 0 Å². The minimum atomic E-state index is -0.440. The van der Waals surface area contributed by atoms with Crippen LogP contribution in [-0.2, 0) is 10.3 Å². The van der Waals surface area contributed by atoms with Gasteiger partial charge in [-0.3, -0.25) is 0 Å². The third-order valence-corrected chi connectivity index (χ3v) is 4.63. The van der Waals surface area contributed by atoms with Crippen molar-refractivity contribution in [3.63, 3.8) is 0 Å². The Kier molecular flexibility index (Phi) is 4.72. The number of hydrogen-bond acceptors (Lipinski definition) is 2. The zero-order valence-electron chi connectivity index (χ0n) is 12.3. The predicted octanol–water partition coefficient (Wildman–Crippen LogP) is 3.74. The predicted molar refractivity (Wildman–Crippen MR) is 88.6 cm³/mol. The third kappa shape index (κ3) is 2.38. The van der Waals surface area contributed by atoms with E-state index in [0.29, 0.717) is 6.54 Å². The normalized spacial score (nSPS) is 23.5. The van der Waals surface area contributed by atoms with Gasteiger partial charge in [0, 0.05) is 18.6 Å². The summed E-state index contributed by atoms with van der Waals surface area (Å²) >= 11 is 0. The molecule has 1 unspecified atom stereocenters. The van der Waals surface area contributed by atoms with Crippen LogP contribution in [0.4, 0.5) is 0 Å². The van der Waals surface area contributed by atoms with E-state index in [9.17, 15) is 0 Å². The van der Waals surface area contributed by atoms with Crippen LogP contribution >= 0.6 is 12.4 Å². The van der Waals surface area contributed by atoms with Gasteiger partial charge in [-0.2, -0.15) is 0 Å². The highest BCUT2D eigenvalue weighted by Gasteiger charge is 2.54. The zero-order valence-corrected chi connectivity index (χ0v) is 13.1. The maximum absolute atomic E-state index is 6.34. The maximum Gasteiger partial charge on any atom is 0.125 e.